The average Bonchev–Trinajstić information content (AvgIpc) is 3.27. The lowest BCUT2D eigenvalue weighted by molar-refractivity contribution is -0.166. The van der Waals surface area contributed by atoms with Crippen molar-refractivity contribution in [1.29, 1.82) is 0 Å². The Morgan fingerprint density at radius 2 is 0.742 bits per heavy atom. The Balaban J connectivity index is 4.46. The maximum absolute atomic E-state index is 12.7. The minimum absolute atomic E-state index is 0.123. The summed E-state index contributed by atoms with van der Waals surface area (Å²) in [6, 6.07) is 0. The molecule has 62 heavy (non-hydrogen) atoms. The molecule has 0 heterocycles. The highest BCUT2D eigenvalue weighted by Crippen LogP contribution is 2.12. The molecule has 1 unspecified atom stereocenters. The van der Waals surface area contributed by atoms with Gasteiger partial charge in [0.25, 0.3) is 0 Å². The minimum Gasteiger partial charge on any atom is -0.462 e. The van der Waals surface area contributed by atoms with Gasteiger partial charge in [-0.1, -0.05) is 201 Å². The monoisotopic (exact) mass is 859 g/mol. The Labute approximate surface area is 380 Å². The zero-order chi connectivity index (χ0) is 45.1. The third-order valence-corrected chi connectivity index (χ3v) is 10.1. The molecule has 0 saturated heterocycles. The van der Waals surface area contributed by atoms with Crippen LogP contribution in [-0.4, -0.2) is 37.2 Å². The molecule has 0 spiro atoms. The van der Waals surface area contributed by atoms with Crippen molar-refractivity contribution in [3.63, 3.8) is 0 Å². The van der Waals surface area contributed by atoms with Crippen LogP contribution in [0.25, 0.3) is 0 Å². The lowest BCUT2D eigenvalue weighted by Crippen LogP contribution is -2.30. The van der Waals surface area contributed by atoms with E-state index >= 15 is 0 Å². The van der Waals surface area contributed by atoms with E-state index in [0.717, 1.165) is 103 Å². The van der Waals surface area contributed by atoms with Gasteiger partial charge in [-0.3, -0.25) is 14.4 Å². The van der Waals surface area contributed by atoms with Crippen molar-refractivity contribution in [2.45, 2.75) is 213 Å². The number of unbranched alkanes of at least 4 members (excludes halogenated alkanes) is 16. The van der Waals surface area contributed by atoms with Gasteiger partial charge in [0.05, 0.1) is 6.42 Å². The molecule has 0 aromatic carbocycles. The van der Waals surface area contributed by atoms with Crippen LogP contribution in [0, 0.1) is 0 Å². The molecule has 0 aromatic rings. The van der Waals surface area contributed by atoms with Crippen molar-refractivity contribution < 1.29 is 28.6 Å². The summed E-state index contributed by atoms with van der Waals surface area (Å²) in [6.45, 7) is 6.25. The summed E-state index contributed by atoms with van der Waals surface area (Å²) < 4.78 is 16.6. The first kappa shape index (κ1) is 58.1. The second-order valence-corrected chi connectivity index (χ2v) is 16.0. The SMILES string of the molecule is CC/C=C\C/C=C\C/C=C\C/C=C\CCCCCCCCC(=O)OCC(COC(=O)C/C=C\C/C=C\C/C=C\CC)OC(=O)CCCCC/C=C\C=C/CCCCCCCCC. The van der Waals surface area contributed by atoms with Crippen molar-refractivity contribution in [2.75, 3.05) is 13.2 Å². The van der Waals surface area contributed by atoms with Crippen molar-refractivity contribution in [3.8, 4) is 0 Å². The van der Waals surface area contributed by atoms with Gasteiger partial charge in [0.2, 0.25) is 0 Å². The van der Waals surface area contributed by atoms with Crippen LogP contribution in [0.4, 0.5) is 0 Å². The van der Waals surface area contributed by atoms with Crippen molar-refractivity contribution >= 4 is 17.9 Å². The predicted molar refractivity (Wildman–Crippen MR) is 265 cm³/mol. The maximum atomic E-state index is 12.7. The molecule has 0 amide bonds. The molecule has 0 radical (unpaired) electrons. The highest BCUT2D eigenvalue weighted by molar-refractivity contribution is 5.72. The van der Waals surface area contributed by atoms with Gasteiger partial charge >= 0.3 is 17.9 Å². The molecular formula is C56H90O6. The van der Waals surface area contributed by atoms with Crippen molar-refractivity contribution in [3.05, 3.63) is 109 Å². The van der Waals surface area contributed by atoms with Gasteiger partial charge in [-0.25, -0.2) is 0 Å². The number of rotatable bonds is 43. The fraction of sp³-hybridized carbons (Fsp3) is 0.625. The summed E-state index contributed by atoms with van der Waals surface area (Å²) in [5.41, 5.74) is 0. The van der Waals surface area contributed by atoms with E-state index in [1.54, 1.807) is 6.08 Å². The lowest BCUT2D eigenvalue weighted by atomic mass is 10.1. The van der Waals surface area contributed by atoms with Gasteiger partial charge in [-0.2, -0.15) is 0 Å². The van der Waals surface area contributed by atoms with Crippen LogP contribution in [0.2, 0.25) is 0 Å². The Morgan fingerprint density at radius 1 is 0.371 bits per heavy atom. The normalized spacial score (nSPS) is 13.0. The topological polar surface area (TPSA) is 78.9 Å². The van der Waals surface area contributed by atoms with Gasteiger partial charge in [-0.05, 0) is 96.3 Å². The number of esters is 3. The Hall–Kier alpha value is -3.93. The molecule has 6 nitrogen and oxygen atoms in total. The molecule has 6 heteroatoms. The van der Waals surface area contributed by atoms with E-state index in [-0.39, 0.29) is 38.0 Å². The molecule has 0 N–H and O–H groups in total. The predicted octanol–water partition coefficient (Wildman–Crippen LogP) is 16.4. The van der Waals surface area contributed by atoms with Crippen LogP contribution in [0.5, 0.6) is 0 Å². The van der Waals surface area contributed by atoms with E-state index in [2.05, 4.69) is 118 Å². The maximum Gasteiger partial charge on any atom is 0.309 e. The van der Waals surface area contributed by atoms with Crippen LogP contribution >= 0.6 is 0 Å². The highest BCUT2D eigenvalue weighted by Gasteiger charge is 2.19. The summed E-state index contributed by atoms with van der Waals surface area (Å²) in [4.78, 5) is 37.8. The Bertz CT molecular complexity index is 1310. The summed E-state index contributed by atoms with van der Waals surface area (Å²) in [7, 11) is 0. The number of hydrogen-bond donors (Lipinski definition) is 0. The van der Waals surface area contributed by atoms with Gasteiger partial charge in [-0.15, -0.1) is 0 Å². The quantitative estimate of drug-likeness (QED) is 0.0200. The smallest absolute Gasteiger partial charge is 0.309 e. The van der Waals surface area contributed by atoms with Crippen LogP contribution < -0.4 is 0 Å². The summed E-state index contributed by atoms with van der Waals surface area (Å²) in [5.74, 6) is -1.10. The molecule has 0 aliphatic rings. The lowest BCUT2D eigenvalue weighted by Gasteiger charge is -2.18. The molecule has 0 aliphatic heterocycles. The third-order valence-electron chi connectivity index (χ3n) is 10.1. The van der Waals surface area contributed by atoms with Crippen LogP contribution in [0.15, 0.2) is 109 Å². The molecule has 0 aromatic heterocycles. The second-order valence-electron chi connectivity index (χ2n) is 16.0. The molecular weight excluding hydrogens is 769 g/mol. The van der Waals surface area contributed by atoms with E-state index < -0.39 is 12.1 Å². The van der Waals surface area contributed by atoms with Gasteiger partial charge in [0.15, 0.2) is 6.10 Å². The molecule has 0 fully saturated rings. The standard InChI is InChI=1S/C56H90O6/c1-4-7-10-13-16-19-21-23-25-27-28-29-31-32-34-37-40-43-46-49-55(58)61-52-53(51-60-54(57)48-45-42-39-36-18-15-12-9-6-3)62-56(59)50-47-44-41-38-35-33-30-26-24-22-20-17-14-11-8-5-2/h7,9-10,12,16,18-19,23,25-26,28-30,33,35-36,42,45,53H,4-6,8,11,13-15,17,20-22,24,27,31-32,34,37-41,43-44,46-52H2,1-3H3/b10-7-,12-9-,19-16-,25-23-,29-28-,30-26-,35-33-,36-18-,45-42-. The van der Waals surface area contributed by atoms with Crippen LogP contribution in [-0.2, 0) is 28.6 Å². The minimum atomic E-state index is -0.834. The van der Waals surface area contributed by atoms with Crippen LogP contribution in [0.3, 0.4) is 0 Å². The number of allylic oxidation sites excluding steroid dienone is 17. The Kier molecular flexibility index (Phi) is 46.6. The van der Waals surface area contributed by atoms with Crippen molar-refractivity contribution in [1.82, 2.24) is 0 Å². The molecule has 0 rings (SSSR count). The largest absolute Gasteiger partial charge is 0.462 e. The number of ether oxygens (including phenoxy) is 3. The van der Waals surface area contributed by atoms with E-state index in [9.17, 15) is 14.4 Å². The first-order valence-electron chi connectivity index (χ1n) is 24.9. The summed E-state index contributed by atoms with van der Waals surface area (Å²) in [5, 5.41) is 0. The zero-order valence-electron chi connectivity index (χ0n) is 39.8. The summed E-state index contributed by atoms with van der Waals surface area (Å²) >= 11 is 0. The summed E-state index contributed by atoms with van der Waals surface area (Å²) in [6.07, 6.45) is 66.8. The van der Waals surface area contributed by atoms with E-state index in [1.165, 1.54) is 57.8 Å². The average molecular weight is 859 g/mol. The third kappa shape index (κ3) is 47.1. The highest BCUT2D eigenvalue weighted by atomic mass is 16.6. The molecule has 0 bridgehead atoms. The second kappa shape index (κ2) is 49.7. The first-order valence-corrected chi connectivity index (χ1v) is 24.9. The molecule has 0 saturated carbocycles. The fourth-order valence-corrected chi connectivity index (χ4v) is 6.37. The number of hydrogen-bond acceptors (Lipinski definition) is 6. The van der Waals surface area contributed by atoms with Crippen molar-refractivity contribution in [2.24, 2.45) is 0 Å². The Morgan fingerprint density at radius 3 is 1.24 bits per heavy atom. The molecule has 1 atom stereocenters. The van der Waals surface area contributed by atoms with E-state index in [1.807, 2.05) is 6.08 Å². The van der Waals surface area contributed by atoms with Gasteiger partial charge < -0.3 is 14.2 Å². The number of carbonyl (C=O) groups is 3. The first-order chi connectivity index (χ1) is 30.5. The van der Waals surface area contributed by atoms with E-state index in [4.69, 9.17) is 14.2 Å². The fourth-order valence-electron chi connectivity index (χ4n) is 6.37. The zero-order valence-corrected chi connectivity index (χ0v) is 39.8. The van der Waals surface area contributed by atoms with Gasteiger partial charge in [0, 0.05) is 12.8 Å². The number of carbonyl (C=O) groups excluding carboxylic acids is 3. The van der Waals surface area contributed by atoms with Crippen LogP contribution in [0.1, 0.15) is 207 Å². The molecule has 350 valence electrons. The van der Waals surface area contributed by atoms with Gasteiger partial charge in [0.1, 0.15) is 13.2 Å². The van der Waals surface area contributed by atoms with E-state index in [0.29, 0.717) is 12.8 Å². The molecule has 0 aliphatic carbocycles.